The molecule has 4 heteroatoms. The van der Waals surface area contributed by atoms with Gasteiger partial charge in [-0.25, -0.2) is 0 Å². The van der Waals surface area contributed by atoms with E-state index in [2.05, 4.69) is 42.2 Å². The second-order valence-electron chi connectivity index (χ2n) is 6.95. The minimum Gasteiger partial charge on any atom is -0.463 e. The van der Waals surface area contributed by atoms with Gasteiger partial charge in [-0.3, -0.25) is 4.90 Å². The maximum atomic E-state index is 6.04. The van der Waals surface area contributed by atoms with E-state index < -0.39 is 0 Å². The normalized spacial score (nSPS) is 23.3. The molecule has 21 heavy (non-hydrogen) atoms. The van der Waals surface area contributed by atoms with Gasteiger partial charge in [-0.05, 0) is 64.9 Å². The van der Waals surface area contributed by atoms with Crippen LogP contribution in [-0.4, -0.2) is 49.1 Å². The van der Waals surface area contributed by atoms with Crippen molar-refractivity contribution in [2.24, 2.45) is 0 Å². The van der Waals surface area contributed by atoms with Gasteiger partial charge in [0.15, 0.2) is 0 Å². The zero-order valence-corrected chi connectivity index (χ0v) is 13.7. The second kappa shape index (κ2) is 6.51. The van der Waals surface area contributed by atoms with Gasteiger partial charge in [0, 0.05) is 18.6 Å². The Morgan fingerprint density at radius 1 is 1.38 bits per heavy atom. The van der Waals surface area contributed by atoms with Crippen LogP contribution in [0.15, 0.2) is 10.5 Å². The first-order valence-corrected chi connectivity index (χ1v) is 8.32. The molecule has 1 saturated carbocycles. The van der Waals surface area contributed by atoms with Crippen molar-refractivity contribution >= 4 is 0 Å². The SMILES string of the molecule is Cc1cc(CN(C)CC2CCCN2C)oc1CNC1CC1. The van der Waals surface area contributed by atoms with Crippen molar-refractivity contribution in [3.63, 3.8) is 0 Å². The van der Waals surface area contributed by atoms with Gasteiger partial charge in [-0.2, -0.15) is 0 Å². The summed E-state index contributed by atoms with van der Waals surface area (Å²) in [4.78, 5) is 4.87. The lowest BCUT2D eigenvalue weighted by molar-refractivity contribution is 0.205. The quantitative estimate of drug-likeness (QED) is 0.836. The van der Waals surface area contributed by atoms with Crippen molar-refractivity contribution < 1.29 is 4.42 Å². The van der Waals surface area contributed by atoms with Crippen LogP contribution in [0.5, 0.6) is 0 Å². The number of likely N-dealkylation sites (N-methyl/N-ethyl adjacent to an activating group) is 2. The van der Waals surface area contributed by atoms with Crippen LogP contribution in [0.3, 0.4) is 0 Å². The predicted octanol–water partition coefficient (Wildman–Crippen LogP) is 2.37. The maximum absolute atomic E-state index is 6.04. The monoisotopic (exact) mass is 291 g/mol. The van der Waals surface area contributed by atoms with E-state index in [1.54, 1.807) is 0 Å². The number of hydrogen-bond donors (Lipinski definition) is 1. The summed E-state index contributed by atoms with van der Waals surface area (Å²) in [6, 6.07) is 3.65. The van der Waals surface area contributed by atoms with Gasteiger partial charge in [-0.1, -0.05) is 0 Å². The summed E-state index contributed by atoms with van der Waals surface area (Å²) < 4.78 is 6.04. The highest BCUT2D eigenvalue weighted by Crippen LogP contribution is 2.22. The molecule has 118 valence electrons. The molecule has 1 saturated heterocycles. The molecule has 2 fully saturated rings. The van der Waals surface area contributed by atoms with Gasteiger partial charge < -0.3 is 14.6 Å². The van der Waals surface area contributed by atoms with E-state index in [0.717, 1.165) is 37.2 Å². The first-order valence-electron chi connectivity index (χ1n) is 8.32. The number of rotatable bonds is 7. The van der Waals surface area contributed by atoms with Crippen molar-refractivity contribution in [1.29, 1.82) is 0 Å². The summed E-state index contributed by atoms with van der Waals surface area (Å²) in [5.74, 6) is 2.21. The van der Waals surface area contributed by atoms with Gasteiger partial charge in [0.2, 0.25) is 0 Å². The van der Waals surface area contributed by atoms with Gasteiger partial charge in [0.25, 0.3) is 0 Å². The van der Waals surface area contributed by atoms with E-state index in [9.17, 15) is 0 Å². The first-order chi connectivity index (χ1) is 10.1. The fourth-order valence-electron chi connectivity index (χ4n) is 3.27. The highest BCUT2D eigenvalue weighted by Gasteiger charge is 2.23. The molecule has 0 amide bonds. The minimum absolute atomic E-state index is 0.710. The predicted molar refractivity (Wildman–Crippen MR) is 85.3 cm³/mol. The van der Waals surface area contributed by atoms with Crippen LogP contribution in [0.4, 0.5) is 0 Å². The molecule has 1 aromatic rings. The smallest absolute Gasteiger partial charge is 0.120 e. The van der Waals surface area contributed by atoms with Crippen molar-refractivity contribution in [3.05, 3.63) is 23.2 Å². The lowest BCUT2D eigenvalue weighted by atomic mass is 10.2. The lowest BCUT2D eigenvalue weighted by Crippen LogP contribution is -2.36. The maximum Gasteiger partial charge on any atom is 0.120 e. The van der Waals surface area contributed by atoms with Crippen LogP contribution in [-0.2, 0) is 13.1 Å². The Hall–Kier alpha value is -0.840. The highest BCUT2D eigenvalue weighted by molar-refractivity contribution is 5.20. The van der Waals surface area contributed by atoms with Crippen LogP contribution < -0.4 is 5.32 Å². The molecule has 1 aliphatic carbocycles. The lowest BCUT2D eigenvalue weighted by Gasteiger charge is -2.25. The third-order valence-corrected chi connectivity index (χ3v) is 4.82. The second-order valence-corrected chi connectivity index (χ2v) is 6.95. The van der Waals surface area contributed by atoms with Crippen molar-refractivity contribution in [2.45, 2.75) is 57.8 Å². The van der Waals surface area contributed by atoms with E-state index in [1.807, 2.05) is 0 Å². The summed E-state index contributed by atoms with van der Waals surface area (Å²) in [5, 5.41) is 3.53. The third-order valence-electron chi connectivity index (χ3n) is 4.82. The Balaban J connectivity index is 1.50. The summed E-state index contributed by atoms with van der Waals surface area (Å²) in [7, 11) is 4.44. The molecular formula is C17H29N3O. The molecule has 1 unspecified atom stereocenters. The highest BCUT2D eigenvalue weighted by atomic mass is 16.3. The van der Waals surface area contributed by atoms with Gasteiger partial charge >= 0.3 is 0 Å². The molecule has 2 heterocycles. The molecular weight excluding hydrogens is 262 g/mol. The van der Waals surface area contributed by atoms with E-state index in [1.165, 1.54) is 37.8 Å². The fraction of sp³-hybridized carbons (Fsp3) is 0.765. The van der Waals surface area contributed by atoms with E-state index in [0.29, 0.717) is 6.04 Å². The van der Waals surface area contributed by atoms with Crippen LogP contribution in [0.1, 0.15) is 42.8 Å². The van der Waals surface area contributed by atoms with E-state index >= 15 is 0 Å². The average Bonchev–Trinajstić information content (AvgIpc) is 3.09. The Morgan fingerprint density at radius 2 is 2.19 bits per heavy atom. The molecule has 1 N–H and O–H groups in total. The third kappa shape index (κ3) is 4.09. The largest absolute Gasteiger partial charge is 0.463 e. The van der Waals surface area contributed by atoms with Crippen LogP contribution in [0, 0.1) is 6.92 Å². The molecule has 0 radical (unpaired) electrons. The molecule has 0 spiro atoms. The molecule has 4 nitrogen and oxygen atoms in total. The Morgan fingerprint density at radius 3 is 2.86 bits per heavy atom. The standard InChI is InChI=1S/C17H29N3O/c1-13-9-16(21-17(13)10-18-14-6-7-14)12-19(2)11-15-5-4-8-20(15)3/h9,14-15,18H,4-8,10-12H2,1-3H3. The molecule has 1 aromatic heterocycles. The number of nitrogens with one attached hydrogen (secondary N) is 1. The fourth-order valence-corrected chi connectivity index (χ4v) is 3.27. The summed E-state index contributed by atoms with van der Waals surface area (Å²) in [6.45, 7) is 6.32. The topological polar surface area (TPSA) is 31.6 Å². The van der Waals surface area contributed by atoms with E-state index in [4.69, 9.17) is 4.42 Å². The first kappa shape index (κ1) is 15.1. The van der Waals surface area contributed by atoms with Gasteiger partial charge in [-0.15, -0.1) is 0 Å². The van der Waals surface area contributed by atoms with Crippen LogP contribution in [0.25, 0.3) is 0 Å². The van der Waals surface area contributed by atoms with Crippen LogP contribution >= 0.6 is 0 Å². The molecule has 0 bridgehead atoms. The zero-order valence-electron chi connectivity index (χ0n) is 13.7. The summed E-state index contributed by atoms with van der Waals surface area (Å²) in [6.07, 6.45) is 5.31. The molecule has 1 atom stereocenters. The van der Waals surface area contributed by atoms with Crippen LogP contribution in [0.2, 0.25) is 0 Å². The number of nitrogens with zero attached hydrogens (tertiary/aromatic N) is 2. The van der Waals surface area contributed by atoms with Crippen molar-refractivity contribution in [3.8, 4) is 0 Å². The van der Waals surface area contributed by atoms with Crippen molar-refractivity contribution in [2.75, 3.05) is 27.2 Å². The Bertz CT molecular complexity index is 467. The van der Waals surface area contributed by atoms with E-state index in [-0.39, 0.29) is 0 Å². The Labute approximate surface area is 128 Å². The number of likely N-dealkylation sites (tertiary alicyclic amines) is 1. The Kier molecular flexibility index (Phi) is 4.67. The van der Waals surface area contributed by atoms with Gasteiger partial charge in [0.05, 0.1) is 13.1 Å². The molecule has 3 rings (SSSR count). The van der Waals surface area contributed by atoms with Crippen molar-refractivity contribution in [1.82, 2.24) is 15.1 Å². The summed E-state index contributed by atoms with van der Waals surface area (Å²) in [5.41, 5.74) is 1.28. The number of aryl methyl sites for hydroxylation is 1. The minimum atomic E-state index is 0.710. The average molecular weight is 291 g/mol. The number of furan rings is 1. The molecule has 0 aromatic carbocycles. The summed E-state index contributed by atoms with van der Waals surface area (Å²) >= 11 is 0. The van der Waals surface area contributed by atoms with Gasteiger partial charge in [0.1, 0.15) is 11.5 Å². The molecule has 1 aliphatic heterocycles. The molecule has 2 aliphatic rings. The zero-order chi connectivity index (χ0) is 14.8. The number of hydrogen-bond acceptors (Lipinski definition) is 4.